The van der Waals surface area contributed by atoms with Gasteiger partial charge in [0.25, 0.3) is 0 Å². The topological polar surface area (TPSA) is 52.0 Å². The lowest BCUT2D eigenvalue weighted by molar-refractivity contribution is 0.404. The van der Waals surface area contributed by atoms with Crippen LogP contribution in [0.3, 0.4) is 0 Å². The smallest absolute Gasteiger partial charge is 0.147 e. The number of anilines is 1. The highest BCUT2D eigenvalue weighted by molar-refractivity contribution is 5.50. The summed E-state index contributed by atoms with van der Waals surface area (Å²) in [5, 5.41) is 4.09. The van der Waals surface area contributed by atoms with E-state index in [1.807, 2.05) is 0 Å². The summed E-state index contributed by atoms with van der Waals surface area (Å²) in [6.07, 6.45) is 4.99. The van der Waals surface area contributed by atoms with Crippen LogP contribution < -0.4 is 5.73 Å². The number of aromatic nitrogens is 1. The SMILES string of the molecule is Cc1ccc2c(c1C)CCCC2c1nocc1N. The summed E-state index contributed by atoms with van der Waals surface area (Å²) >= 11 is 0. The number of rotatable bonds is 1. The zero-order chi connectivity index (χ0) is 12.7. The van der Waals surface area contributed by atoms with E-state index in [9.17, 15) is 0 Å². The van der Waals surface area contributed by atoms with Gasteiger partial charge < -0.3 is 10.3 Å². The van der Waals surface area contributed by atoms with Crippen molar-refractivity contribution in [3.05, 3.63) is 46.3 Å². The number of nitrogen functional groups attached to an aromatic ring is 1. The van der Waals surface area contributed by atoms with Crippen LogP contribution in [0.5, 0.6) is 0 Å². The van der Waals surface area contributed by atoms with Gasteiger partial charge in [0.2, 0.25) is 0 Å². The molecule has 1 aromatic carbocycles. The van der Waals surface area contributed by atoms with Crippen molar-refractivity contribution in [3.63, 3.8) is 0 Å². The minimum Gasteiger partial charge on any atom is -0.395 e. The van der Waals surface area contributed by atoms with Gasteiger partial charge in [-0.1, -0.05) is 17.3 Å². The van der Waals surface area contributed by atoms with Gasteiger partial charge in [0.1, 0.15) is 12.0 Å². The Hall–Kier alpha value is -1.77. The maximum Gasteiger partial charge on any atom is 0.147 e. The quantitative estimate of drug-likeness (QED) is 0.834. The molecular weight excluding hydrogens is 224 g/mol. The van der Waals surface area contributed by atoms with E-state index in [1.54, 1.807) is 0 Å². The molecule has 1 atom stereocenters. The lowest BCUT2D eigenvalue weighted by atomic mass is 9.78. The van der Waals surface area contributed by atoms with Gasteiger partial charge in [-0.3, -0.25) is 0 Å². The summed E-state index contributed by atoms with van der Waals surface area (Å²) in [6, 6.07) is 4.43. The van der Waals surface area contributed by atoms with Gasteiger partial charge in [0, 0.05) is 5.92 Å². The fourth-order valence-corrected chi connectivity index (χ4v) is 2.99. The number of aryl methyl sites for hydroxylation is 1. The number of nitrogens with two attached hydrogens (primary N) is 1. The molecule has 2 aromatic rings. The summed E-state index contributed by atoms with van der Waals surface area (Å²) in [6.45, 7) is 4.38. The standard InChI is InChI=1S/C15H18N2O/c1-9-6-7-12-11(10(9)2)4-3-5-13(12)15-14(16)8-18-17-15/h6-8,13H,3-5,16H2,1-2H3. The second-order valence-corrected chi connectivity index (χ2v) is 5.18. The third kappa shape index (κ3) is 1.62. The van der Waals surface area contributed by atoms with E-state index in [0.717, 1.165) is 18.5 Å². The van der Waals surface area contributed by atoms with Gasteiger partial charge in [-0.05, 0) is 55.4 Å². The molecule has 1 aliphatic rings. The van der Waals surface area contributed by atoms with Crippen molar-refractivity contribution in [2.24, 2.45) is 0 Å². The van der Waals surface area contributed by atoms with Gasteiger partial charge >= 0.3 is 0 Å². The molecule has 0 bridgehead atoms. The van der Waals surface area contributed by atoms with Crippen LogP contribution in [0.15, 0.2) is 22.9 Å². The van der Waals surface area contributed by atoms with Crippen LogP contribution in [-0.2, 0) is 6.42 Å². The molecule has 1 aliphatic carbocycles. The number of benzene rings is 1. The van der Waals surface area contributed by atoms with Gasteiger partial charge in [-0.25, -0.2) is 0 Å². The molecule has 0 saturated heterocycles. The predicted octanol–water partition coefficient (Wildman–Crippen LogP) is 3.34. The highest BCUT2D eigenvalue weighted by Gasteiger charge is 2.27. The number of hydrogen-bond donors (Lipinski definition) is 1. The number of fused-ring (bicyclic) bond motifs is 1. The Morgan fingerprint density at radius 1 is 1.33 bits per heavy atom. The van der Waals surface area contributed by atoms with Crippen LogP contribution in [-0.4, -0.2) is 5.16 Å². The van der Waals surface area contributed by atoms with Crippen LogP contribution >= 0.6 is 0 Å². The molecule has 1 heterocycles. The second kappa shape index (κ2) is 4.16. The molecule has 1 unspecified atom stereocenters. The van der Waals surface area contributed by atoms with E-state index in [2.05, 4.69) is 31.1 Å². The van der Waals surface area contributed by atoms with Gasteiger partial charge in [0.05, 0.1) is 5.69 Å². The molecule has 0 radical (unpaired) electrons. The van der Waals surface area contributed by atoms with Crippen molar-refractivity contribution in [2.75, 3.05) is 5.73 Å². The van der Waals surface area contributed by atoms with Gasteiger partial charge in [0.15, 0.2) is 0 Å². The van der Waals surface area contributed by atoms with Crippen molar-refractivity contribution >= 4 is 5.69 Å². The lowest BCUT2D eigenvalue weighted by Crippen LogP contribution is -2.14. The van der Waals surface area contributed by atoms with Crippen LogP contribution in [0.4, 0.5) is 5.69 Å². The highest BCUT2D eigenvalue weighted by atomic mass is 16.5. The summed E-state index contributed by atoms with van der Waals surface area (Å²) in [5.41, 5.74) is 13.2. The minimum absolute atomic E-state index is 0.298. The van der Waals surface area contributed by atoms with E-state index in [-0.39, 0.29) is 0 Å². The maximum atomic E-state index is 5.94. The van der Waals surface area contributed by atoms with E-state index in [4.69, 9.17) is 10.3 Å². The second-order valence-electron chi connectivity index (χ2n) is 5.18. The van der Waals surface area contributed by atoms with E-state index in [1.165, 1.54) is 34.9 Å². The normalized spacial score (nSPS) is 18.7. The zero-order valence-corrected chi connectivity index (χ0v) is 10.9. The third-order valence-corrected chi connectivity index (χ3v) is 4.16. The van der Waals surface area contributed by atoms with Crippen molar-refractivity contribution in [1.29, 1.82) is 0 Å². The van der Waals surface area contributed by atoms with Crippen molar-refractivity contribution in [2.45, 2.75) is 39.0 Å². The third-order valence-electron chi connectivity index (χ3n) is 4.16. The number of hydrogen-bond acceptors (Lipinski definition) is 3. The first-order chi connectivity index (χ1) is 8.68. The van der Waals surface area contributed by atoms with Crippen LogP contribution in [0.2, 0.25) is 0 Å². The first-order valence-electron chi connectivity index (χ1n) is 6.47. The molecule has 18 heavy (non-hydrogen) atoms. The van der Waals surface area contributed by atoms with E-state index in [0.29, 0.717) is 11.6 Å². The van der Waals surface area contributed by atoms with Crippen molar-refractivity contribution < 1.29 is 4.52 Å². The molecule has 0 aliphatic heterocycles. The van der Waals surface area contributed by atoms with Crippen molar-refractivity contribution in [3.8, 4) is 0 Å². The van der Waals surface area contributed by atoms with Crippen LogP contribution in [0, 0.1) is 13.8 Å². The van der Waals surface area contributed by atoms with Gasteiger partial charge in [-0.15, -0.1) is 0 Å². The Morgan fingerprint density at radius 3 is 2.89 bits per heavy atom. The van der Waals surface area contributed by atoms with E-state index >= 15 is 0 Å². The summed E-state index contributed by atoms with van der Waals surface area (Å²) in [7, 11) is 0. The Kier molecular flexibility index (Phi) is 2.62. The first kappa shape index (κ1) is 11.3. The molecule has 3 nitrogen and oxygen atoms in total. The largest absolute Gasteiger partial charge is 0.395 e. The van der Waals surface area contributed by atoms with E-state index < -0.39 is 0 Å². The fraction of sp³-hybridized carbons (Fsp3) is 0.400. The Balaban J connectivity index is 2.13. The Labute approximate surface area is 107 Å². The Morgan fingerprint density at radius 2 is 2.17 bits per heavy atom. The molecule has 0 spiro atoms. The molecule has 0 amide bonds. The monoisotopic (exact) mass is 242 g/mol. The zero-order valence-electron chi connectivity index (χ0n) is 10.9. The molecule has 1 aromatic heterocycles. The number of nitrogens with zero attached hydrogens (tertiary/aromatic N) is 1. The maximum absolute atomic E-state index is 5.94. The average Bonchev–Trinajstić information content (AvgIpc) is 2.79. The lowest BCUT2D eigenvalue weighted by Gasteiger charge is -2.26. The van der Waals surface area contributed by atoms with Gasteiger partial charge in [-0.2, -0.15) is 0 Å². The average molecular weight is 242 g/mol. The Bertz CT molecular complexity index is 586. The molecule has 2 N–H and O–H groups in total. The molecule has 3 rings (SSSR count). The van der Waals surface area contributed by atoms with Crippen LogP contribution in [0.25, 0.3) is 0 Å². The minimum atomic E-state index is 0.298. The van der Waals surface area contributed by atoms with Crippen molar-refractivity contribution in [1.82, 2.24) is 5.16 Å². The molecule has 0 saturated carbocycles. The highest BCUT2D eigenvalue weighted by Crippen LogP contribution is 2.39. The first-order valence-corrected chi connectivity index (χ1v) is 6.47. The fourth-order valence-electron chi connectivity index (χ4n) is 2.99. The molecule has 0 fully saturated rings. The molecule has 3 heteroatoms. The summed E-state index contributed by atoms with van der Waals surface area (Å²) in [4.78, 5) is 0. The predicted molar refractivity (Wildman–Crippen MR) is 71.6 cm³/mol. The molecule has 94 valence electrons. The molecular formula is C15H18N2O. The summed E-state index contributed by atoms with van der Waals surface area (Å²) < 4.78 is 4.99. The summed E-state index contributed by atoms with van der Waals surface area (Å²) in [5.74, 6) is 0.298. The van der Waals surface area contributed by atoms with Crippen LogP contribution in [0.1, 0.15) is 46.7 Å².